The molecule has 1 fully saturated rings. The van der Waals surface area contributed by atoms with E-state index in [2.05, 4.69) is 15.0 Å². The molecular weight excluding hydrogens is 530 g/mol. The van der Waals surface area contributed by atoms with Crippen LogP contribution in [0.25, 0.3) is 11.5 Å². The highest BCUT2D eigenvalue weighted by molar-refractivity contribution is 5.72. The number of hydrogen-bond donors (Lipinski definition) is 1. The zero-order valence-corrected chi connectivity index (χ0v) is 22.3. The van der Waals surface area contributed by atoms with E-state index in [1.165, 1.54) is 12.3 Å². The van der Waals surface area contributed by atoms with Gasteiger partial charge in [0.2, 0.25) is 11.8 Å². The highest BCUT2D eigenvalue weighted by Crippen LogP contribution is 2.32. The van der Waals surface area contributed by atoms with Crippen molar-refractivity contribution in [2.24, 2.45) is 11.8 Å². The van der Waals surface area contributed by atoms with E-state index in [9.17, 15) is 18.7 Å². The monoisotopic (exact) mass is 564 g/mol. The maximum absolute atomic E-state index is 13.7. The lowest BCUT2D eigenvalue weighted by atomic mass is 9.90. The van der Waals surface area contributed by atoms with Gasteiger partial charge in [-0.05, 0) is 55.2 Å². The van der Waals surface area contributed by atoms with Gasteiger partial charge >= 0.3 is 5.97 Å². The Morgan fingerprint density at radius 1 is 1.10 bits per heavy atom. The van der Waals surface area contributed by atoms with Crippen LogP contribution in [0.3, 0.4) is 0 Å². The second-order valence-corrected chi connectivity index (χ2v) is 10.1. The Balaban J connectivity index is 0.00000387. The second-order valence-electron chi connectivity index (χ2n) is 10.1. The minimum absolute atomic E-state index is 0. The predicted octanol–water partition coefficient (Wildman–Crippen LogP) is 6.19. The Bertz CT molecular complexity index is 1460. The molecule has 8 nitrogen and oxygen atoms in total. The van der Waals surface area contributed by atoms with E-state index in [-0.39, 0.29) is 25.8 Å². The van der Waals surface area contributed by atoms with Gasteiger partial charge in [0, 0.05) is 38.2 Å². The zero-order valence-electron chi connectivity index (χ0n) is 22.3. The van der Waals surface area contributed by atoms with Crippen molar-refractivity contribution in [1.29, 1.82) is 0 Å². The van der Waals surface area contributed by atoms with Crippen LogP contribution in [0.15, 0.2) is 71.3 Å². The molecule has 4 aromatic rings. The molecule has 1 saturated heterocycles. The van der Waals surface area contributed by atoms with Gasteiger partial charge in [-0.3, -0.25) is 4.79 Å². The van der Waals surface area contributed by atoms with E-state index in [0.717, 1.165) is 29.5 Å². The molecule has 10 heteroatoms. The summed E-state index contributed by atoms with van der Waals surface area (Å²) in [7, 11) is 0. The van der Waals surface area contributed by atoms with E-state index >= 15 is 0 Å². The van der Waals surface area contributed by atoms with Crippen LogP contribution in [-0.2, 0) is 23.6 Å². The molecule has 41 heavy (non-hydrogen) atoms. The predicted molar refractivity (Wildman–Crippen MR) is 151 cm³/mol. The standard InChI is InChI=1S/C30H30F2N4O4.CH4/c1-19-25(34-27(40-19)21-6-4-3-5-7-21)13-15-39-23-10-8-20(9-11-23)16-22-17-36(18-24(22)28(37)38)29-33-14-12-26(35-29)30(2,31)32;/h3-12,14,22,24H,13,15-18H2,1-2H3,(H,37,38);1H4/t22-,24+;/m1./s1. The molecule has 0 unspecified atom stereocenters. The fourth-order valence-electron chi connectivity index (χ4n) is 4.92. The number of rotatable bonds is 10. The average Bonchev–Trinajstić information content (AvgIpc) is 3.53. The maximum Gasteiger partial charge on any atom is 0.308 e. The lowest BCUT2D eigenvalue weighted by Crippen LogP contribution is -2.25. The molecule has 1 aliphatic rings. The van der Waals surface area contributed by atoms with Crippen LogP contribution in [0.4, 0.5) is 14.7 Å². The largest absolute Gasteiger partial charge is 0.493 e. The molecule has 1 aliphatic heterocycles. The van der Waals surface area contributed by atoms with Gasteiger partial charge in [-0.1, -0.05) is 37.8 Å². The first-order valence-electron chi connectivity index (χ1n) is 13.1. The van der Waals surface area contributed by atoms with Crippen molar-refractivity contribution in [3.05, 3.63) is 89.6 Å². The van der Waals surface area contributed by atoms with E-state index in [4.69, 9.17) is 9.15 Å². The molecule has 2 aromatic heterocycles. The first kappa shape index (κ1) is 29.6. The van der Waals surface area contributed by atoms with Crippen molar-refractivity contribution in [2.75, 3.05) is 24.6 Å². The molecule has 0 amide bonds. The Hall–Kier alpha value is -4.34. The molecular formula is C31H34F2N4O4. The SMILES string of the molecule is C.Cc1oc(-c2ccccc2)nc1CCOc1ccc(C[C@@H]2CN(c3nccc(C(C)(F)F)n3)C[C@@H]2C(=O)O)cc1. The Labute approximate surface area is 238 Å². The van der Waals surface area contributed by atoms with E-state index in [1.807, 2.05) is 61.5 Å². The molecule has 0 radical (unpaired) electrons. The van der Waals surface area contributed by atoms with Crippen molar-refractivity contribution in [1.82, 2.24) is 15.0 Å². The Morgan fingerprint density at radius 3 is 2.51 bits per heavy atom. The first-order chi connectivity index (χ1) is 19.2. The summed E-state index contributed by atoms with van der Waals surface area (Å²) in [5.41, 5.74) is 2.34. The molecule has 1 N–H and O–H groups in total. The molecule has 2 atom stereocenters. The summed E-state index contributed by atoms with van der Waals surface area (Å²) < 4.78 is 39.2. The van der Waals surface area contributed by atoms with Gasteiger partial charge in [-0.2, -0.15) is 8.78 Å². The summed E-state index contributed by atoms with van der Waals surface area (Å²) in [6, 6.07) is 18.5. The molecule has 5 rings (SSSR count). The third-order valence-electron chi connectivity index (χ3n) is 7.08. The number of oxazole rings is 1. The van der Waals surface area contributed by atoms with Crippen LogP contribution < -0.4 is 9.64 Å². The molecule has 2 aromatic carbocycles. The lowest BCUT2D eigenvalue weighted by molar-refractivity contribution is -0.142. The van der Waals surface area contributed by atoms with Crippen LogP contribution in [0.1, 0.15) is 37.1 Å². The number of carboxylic acid groups (broad SMARTS) is 1. The van der Waals surface area contributed by atoms with Crippen LogP contribution in [0, 0.1) is 18.8 Å². The maximum atomic E-state index is 13.7. The van der Waals surface area contributed by atoms with Gasteiger partial charge in [-0.15, -0.1) is 0 Å². The Kier molecular flexibility index (Phi) is 9.00. The number of nitrogens with zero attached hydrogens (tertiary/aromatic N) is 4. The number of halogens is 2. The highest BCUT2D eigenvalue weighted by Gasteiger charge is 2.39. The first-order valence-corrected chi connectivity index (χ1v) is 13.1. The fourth-order valence-corrected chi connectivity index (χ4v) is 4.92. The summed E-state index contributed by atoms with van der Waals surface area (Å²) in [6.45, 7) is 3.61. The van der Waals surface area contributed by atoms with Crippen LogP contribution in [0.5, 0.6) is 5.75 Å². The van der Waals surface area contributed by atoms with Crippen molar-refractivity contribution in [3.8, 4) is 17.2 Å². The zero-order chi connectivity index (χ0) is 28.3. The van der Waals surface area contributed by atoms with Crippen LogP contribution >= 0.6 is 0 Å². The summed E-state index contributed by atoms with van der Waals surface area (Å²) >= 11 is 0. The Morgan fingerprint density at radius 2 is 1.83 bits per heavy atom. The van der Waals surface area contributed by atoms with Gasteiger partial charge < -0.3 is 19.2 Å². The van der Waals surface area contributed by atoms with Crippen molar-refractivity contribution in [2.45, 2.75) is 40.0 Å². The second kappa shape index (κ2) is 12.4. The van der Waals surface area contributed by atoms with Crippen LogP contribution in [0.2, 0.25) is 0 Å². The molecule has 0 spiro atoms. The van der Waals surface area contributed by atoms with Crippen molar-refractivity contribution < 1.29 is 27.8 Å². The number of benzene rings is 2. The molecule has 0 saturated carbocycles. The number of carbonyl (C=O) groups is 1. The topological polar surface area (TPSA) is 102 Å². The number of alkyl halides is 2. The van der Waals surface area contributed by atoms with Crippen molar-refractivity contribution in [3.63, 3.8) is 0 Å². The smallest absolute Gasteiger partial charge is 0.308 e. The lowest BCUT2D eigenvalue weighted by Gasteiger charge is -2.18. The van der Waals surface area contributed by atoms with Gasteiger partial charge in [0.15, 0.2) is 0 Å². The van der Waals surface area contributed by atoms with Crippen LogP contribution in [-0.4, -0.2) is 45.7 Å². The minimum Gasteiger partial charge on any atom is -0.493 e. The van der Waals surface area contributed by atoms with Gasteiger partial charge in [0.1, 0.15) is 17.2 Å². The third kappa shape index (κ3) is 7.06. The van der Waals surface area contributed by atoms with E-state index in [1.54, 1.807) is 4.90 Å². The van der Waals surface area contributed by atoms with Gasteiger partial charge in [0.05, 0.1) is 18.2 Å². The number of hydrogen-bond acceptors (Lipinski definition) is 7. The average molecular weight is 565 g/mol. The quantitative estimate of drug-likeness (QED) is 0.243. The summed E-state index contributed by atoms with van der Waals surface area (Å²) in [5, 5.41) is 9.81. The summed E-state index contributed by atoms with van der Waals surface area (Å²) in [5.74, 6) is -2.77. The number of aromatic nitrogens is 3. The summed E-state index contributed by atoms with van der Waals surface area (Å²) in [4.78, 5) is 26.4. The van der Waals surface area contributed by atoms with E-state index < -0.39 is 23.5 Å². The summed E-state index contributed by atoms with van der Waals surface area (Å²) in [6.07, 6.45) is 2.39. The van der Waals surface area contributed by atoms with Gasteiger partial charge in [-0.25, -0.2) is 15.0 Å². The third-order valence-corrected chi connectivity index (χ3v) is 7.08. The molecule has 216 valence electrons. The van der Waals surface area contributed by atoms with Crippen molar-refractivity contribution >= 4 is 11.9 Å². The minimum atomic E-state index is -3.11. The van der Waals surface area contributed by atoms with E-state index in [0.29, 0.717) is 37.6 Å². The van der Waals surface area contributed by atoms with Gasteiger partial charge in [0.25, 0.3) is 5.92 Å². The number of carboxylic acids is 1. The fraction of sp³-hybridized carbons (Fsp3) is 0.355. The highest BCUT2D eigenvalue weighted by atomic mass is 19.3. The number of aliphatic carboxylic acids is 1. The normalized spacial score (nSPS) is 16.8. The number of aryl methyl sites for hydroxylation is 1. The molecule has 3 heterocycles. The number of ether oxygens (including phenoxy) is 1. The number of anilines is 1. The molecule has 0 aliphatic carbocycles. The molecule has 0 bridgehead atoms.